The number of amides is 2. The summed E-state index contributed by atoms with van der Waals surface area (Å²) in [6.07, 6.45) is 2.13. The molecule has 0 radical (unpaired) electrons. The molecule has 0 atom stereocenters. The summed E-state index contributed by atoms with van der Waals surface area (Å²) in [6, 6.07) is 3.61. The van der Waals surface area contributed by atoms with Crippen molar-refractivity contribution in [1.29, 1.82) is 0 Å². The van der Waals surface area contributed by atoms with E-state index in [1.165, 1.54) is 16.2 Å². The van der Waals surface area contributed by atoms with E-state index in [1.54, 1.807) is 13.1 Å². The van der Waals surface area contributed by atoms with E-state index in [-0.39, 0.29) is 36.2 Å². The third-order valence-electron chi connectivity index (χ3n) is 3.98. The Labute approximate surface area is 141 Å². The van der Waals surface area contributed by atoms with Crippen LogP contribution >= 0.6 is 23.7 Å². The lowest BCUT2D eigenvalue weighted by Gasteiger charge is -2.34. The molecule has 0 bridgehead atoms. The van der Waals surface area contributed by atoms with Gasteiger partial charge in [-0.2, -0.15) is 0 Å². The topological polar surface area (TPSA) is 61.4 Å². The Morgan fingerprint density at radius 1 is 1.41 bits per heavy atom. The van der Waals surface area contributed by atoms with Gasteiger partial charge in [-0.15, -0.1) is 23.7 Å². The van der Waals surface area contributed by atoms with Crippen molar-refractivity contribution in [2.45, 2.75) is 19.8 Å². The zero-order chi connectivity index (χ0) is 15.3. The molecule has 2 heterocycles. The van der Waals surface area contributed by atoms with Crippen LogP contribution in [-0.4, -0.2) is 49.9 Å². The molecule has 1 aromatic heterocycles. The van der Waals surface area contributed by atoms with Crippen LogP contribution in [0.4, 0.5) is 0 Å². The van der Waals surface area contributed by atoms with Crippen LogP contribution < -0.4 is 10.6 Å². The van der Waals surface area contributed by atoms with Gasteiger partial charge in [0.05, 0.1) is 11.4 Å². The number of thiophene rings is 1. The molecule has 2 amide bonds. The molecule has 1 aliphatic heterocycles. The van der Waals surface area contributed by atoms with Crippen LogP contribution in [0, 0.1) is 5.41 Å². The fourth-order valence-corrected chi connectivity index (χ4v) is 3.17. The second-order valence-corrected chi connectivity index (χ2v) is 6.92. The van der Waals surface area contributed by atoms with Gasteiger partial charge in [0.25, 0.3) is 5.91 Å². The summed E-state index contributed by atoms with van der Waals surface area (Å²) >= 11 is 1.39. The van der Waals surface area contributed by atoms with Gasteiger partial charge < -0.3 is 15.5 Å². The van der Waals surface area contributed by atoms with Crippen molar-refractivity contribution in [3.05, 3.63) is 22.4 Å². The molecule has 5 nitrogen and oxygen atoms in total. The quantitative estimate of drug-likeness (QED) is 0.854. The Bertz CT molecular complexity index is 487. The van der Waals surface area contributed by atoms with Crippen molar-refractivity contribution >= 4 is 35.6 Å². The number of hydrogen-bond donors (Lipinski definition) is 2. The molecular weight excluding hydrogens is 322 g/mol. The molecule has 0 spiro atoms. The maximum atomic E-state index is 12.1. The van der Waals surface area contributed by atoms with Gasteiger partial charge in [-0.1, -0.05) is 13.0 Å². The van der Waals surface area contributed by atoms with E-state index in [4.69, 9.17) is 0 Å². The molecule has 0 aromatic carbocycles. The highest BCUT2D eigenvalue weighted by molar-refractivity contribution is 7.12. The summed E-state index contributed by atoms with van der Waals surface area (Å²) in [6.45, 7) is 4.99. The summed E-state index contributed by atoms with van der Waals surface area (Å²) in [7, 11) is 1.66. The van der Waals surface area contributed by atoms with Gasteiger partial charge in [-0.25, -0.2) is 0 Å². The zero-order valence-electron chi connectivity index (χ0n) is 13.1. The number of carbonyl (C=O) groups is 2. The zero-order valence-corrected chi connectivity index (χ0v) is 14.7. The van der Waals surface area contributed by atoms with E-state index in [9.17, 15) is 9.59 Å². The van der Waals surface area contributed by atoms with Gasteiger partial charge in [0, 0.05) is 13.6 Å². The normalized spacial score (nSPS) is 16.5. The largest absolute Gasteiger partial charge is 0.354 e. The van der Waals surface area contributed by atoms with Gasteiger partial charge in [0.2, 0.25) is 5.91 Å². The third kappa shape index (κ3) is 5.26. The molecule has 1 fully saturated rings. The number of carbonyl (C=O) groups excluding carboxylic acids is 2. The molecule has 2 rings (SSSR count). The highest BCUT2D eigenvalue weighted by Crippen LogP contribution is 2.26. The van der Waals surface area contributed by atoms with E-state index >= 15 is 0 Å². The molecule has 2 N–H and O–H groups in total. The predicted molar refractivity (Wildman–Crippen MR) is 91.7 cm³/mol. The van der Waals surface area contributed by atoms with Gasteiger partial charge in [0.1, 0.15) is 0 Å². The van der Waals surface area contributed by atoms with Gasteiger partial charge in [0.15, 0.2) is 0 Å². The minimum absolute atomic E-state index is 0. The Morgan fingerprint density at radius 3 is 2.68 bits per heavy atom. The average Bonchev–Trinajstić information content (AvgIpc) is 2.99. The summed E-state index contributed by atoms with van der Waals surface area (Å²) in [5.41, 5.74) is 0.164. The molecule has 0 saturated carbocycles. The third-order valence-corrected chi connectivity index (χ3v) is 4.84. The fraction of sp³-hybridized carbons (Fsp3) is 0.600. The van der Waals surface area contributed by atoms with E-state index in [0.29, 0.717) is 11.4 Å². The fourth-order valence-electron chi connectivity index (χ4n) is 2.45. The highest BCUT2D eigenvalue weighted by atomic mass is 35.5. The van der Waals surface area contributed by atoms with E-state index < -0.39 is 0 Å². The highest BCUT2D eigenvalue weighted by Gasteiger charge is 2.27. The predicted octanol–water partition coefficient (Wildman–Crippen LogP) is 1.75. The van der Waals surface area contributed by atoms with Gasteiger partial charge in [-0.05, 0) is 42.8 Å². The standard InChI is InChI=1S/C15H23N3O2S.ClH/c1-15(5-7-16-8-6-15)11-17-13(19)10-18(2)14(20)12-4-3-9-21-12;/h3-4,9,16H,5-8,10-11H2,1-2H3,(H,17,19);1H. The molecule has 0 unspecified atom stereocenters. The maximum Gasteiger partial charge on any atom is 0.264 e. The first kappa shape index (κ1) is 18.9. The second-order valence-electron chi connectivity index (χ2n) is 5.98. The Balaban J connectivity index is 0.00000242. The minimum Gasteiger partial charge on any atom is -0.354 e. The summed E-state index contributed by atoms with van der Waals surface area (Å²) in [5, 5.41) is 8.15. The first-order chi connectivity index (χ1) is 10.0. The second kappa shape index (κ2) is 8.50. The average molecular weight is 346 g/mol. The Kier molecular flexibility index (Phi) is 7.32. The van der Waals surface area contributed by atoms with E-state index in [1.807, 2.05) is 11.4 Å². The van der Waals surface area contributed by atoms with E-state index in [0.717, 1.165) is 25.9 Å². The van der Waals surface area contributed by atoms with E-state index in [2.05, 4.69) is 17.6 Å². The molecule has 22 heavy (non-hydrogen) atoms. The molecular formula is C15H24ClN3O2S. The summed E-state index contributed by atoms with van der Waals surface area (Å²) in [5.74, 6) is -0.199. The van der Waals surface area contributed by atoms with Crippen LogP contribution in [0.2, 0.25) is 0 Å². The van der Waals surface area contributed by atoms with Gasteiger partial charge >= 0.3 is 0 Å². The number of rotatable bonds is 5. The molecule has 1 aliphatic rings. The van der Waals surface area contributed by atoms with Crippen LogP contribution in [0.15, 0.2) is 17.5 Å². The number of piperidine rings is 1. The van der Waals surface area contributed by atoms with Crippen molar-refractivity contribution in [1.82, 2.24) is 15.5 Å². The lowest BCUT2D eigenvalue weighted by molar-refractivity contribution is -0.122. The number of nitrogens with one attached hydrogen (secondary N) is 2. The number of halogens is 1. The van der Waals surface area contributed by atoms with Crippen molar-refractivity contribution in [2.24, 2.45) is 5.41 Å². The SMILES string of the molecule is CN(CC(=O)NCC1(C)CCNCC1)C(=O)c1cccs1.Cl. The maximum absolute atomic E-state index is 12.1. The lowest BCUT2D eigenvalue weighted by Crippen LogP contribution is -2.45. The Morgan fingerprint density at radius 2 is 2.09 bits per heavy atom. The van der Waals surface area contributed by atoms with Crippen molar-refractivity contribution in [3.8, 4) is 0 Å². The van der Waals surface area contributed by atoms with Crippen molar-refractivity contribution in [2.75, 3.05) is 33.2 Å². The van der Waals surface area contributed by atoms with Crippen LogP contribution in [0.3, 0.4) is 0 Å². The summed E-state index contributed by atoms with van der Waals surface area (Å²) in [4.78, 5) is 26.2. The Hall–Kier alpha value is -1.11. The van der Waals surface area contributed by atoms with Crippen LogP contribution in [-0.2, 0) is 4.79 Å². The number of hydrogen-bond acceptors (Lipinski definition) is 4. The van der Waals surface area contributed by atoms with Crippen LogP contribution in [0.5, 0.6) is 0 Å². The van der Waals surface area contributed by atoms with Crippen LogP contribution in [0.25, 0.3) is 0 Å². The first-order valence-corrected chi connectivity index (χ1v) is 8.14. The first-order valence-electron chi connectivity index (χ1n) is 7.27. The number of likely N-dealkylation sites (N-methyl/N-ethyl adjacent to an activating group) is 1. The summed E-state index contributed by atoms with van der Waals surface area (Å²) < 4.78 is 0. The van der Waals surface area contributed by atoms with Crippen molar-refractivity contribution in [3.63, 3.8) is 0 Å². The number of nitrogens with zero attached hydrogens (tertiary/aromatic N) is 1. The molecule has 124 valence electrons. The molecule has 7 heteroatoms. The lowest BCUT2D eigenvalue weighted by atomic mass is 9.81. The molecule has 0 aliphatic carbocycles. The monoisotopic (exact) mass is 345 g/mol. The smallest absolute Gasteiger partial charge is 0.264 e. The molecule has 1 aromatic rings. The van der Waals surface area contributed by atoms with Gasteiger partial charge in [-0.3, -0.25) is 9.59 Å². The van der Waals surface area contributed by atoms with Crippen molar-refractivity contribution < 1.29 is 9.59 Å². The molecule has 1 saturated heterocycles. The minimum atomic E-state index is -0.103. The van der Waals surface area contributed by atoms with Crippen LogP contribution in [0.1, 0.15) is 29.4 Å².